The molecule has 0 spiro atoms. The van der Waals surface area contributed by atoms with Crippen molar-refractivity contribution in [2.45, 2.75) is 20.4 Å². The van der Waals surface area contributed by atoms with Crippen LogP contribution in [-0.4, -0.2) is 75.7 Å². The summed E-state index contributed by atoms with van der Waals surface area (Å²) in [6.07, 6.45) is 0. The molecule has 2 aromatic rings. The fourth-order valence-electron chi connectivity index (χ4n) is 4.82. The molecular weight excluding hydrogens is 434 g/mol. The Morgan fingerprint density at radius 1 is 0.882 bits per heavy atom. The van der Waals surface area contributed by atoms with E-state index in [1.165, 1.54) is 26.2 Å². The summed E-state index contributed by atoms with van der Waals surface area (Å²) in [7, 11) is 4.61. The number of carbonyl (C=O) groups is 2. The van der Waals surface area contributed by atoms with Crippen LogP contribution in [0, 0.1) is 5.92 Å². The Morgan fingerprint density at radius 3 is 2.09 bits per heavy atom. The molecule has 2 amide bonds. The van der Waals surface area contributed by atoms with Gasteiger partial charge in [-0.3, -0.25) is 19.4 Å². The van der Waals surface area contributed by atoms with Gasteiger partial charge in [0.25, 0.3) is 11.8 Å². The van der Waals surface area contributed by atoms with Crippen LogP contribution < -0.4 is 19.1 Å². The molecule has 0 atom stereocenters. The van der Waals surface area contributed by atoms with Crippen LogP contribution in [0.5, 0.6) is 17.2 Å². The van der Waals surface area contributed by atoms with Crippen molar-refractivity contribution >= 4 is 17.5 Å². The first-order valence-electron chi connectivity index (χ1n) is 11.6. The van der Waals surface area contributed by atoms with Gasteiger partial charge in [0.05, 0.1) is 44.7 Å². The summed E-state index contributed by atoms with van der Waals surface area (Å²) < 4.78 is 16.2. The lowest BCUT2D eigenvalue weighted by Crippen LogP contribution is -2.47. The van der Waals surface area contributed by atoms with Crippen LogP contribution in [0.3, 0.4) is 0 Å². The fourth-order valence-corrected chi connectivity index (χ4v) is 4.82. The van der Waals surface area contributed by atoms with Crippen LogP contribution in [0.25, 0.3) is 0 Å². The molecule has 1 fully saturated rings. The Labute approximate surface area is 201 Å². The summed E-state index contributed by atoms with van der Waals surface area (Å²) >= 11 is 0. The summed E-state index contributed by atoms with van der Waals surface area (Å²) in [5, 5.41) is 0. The topological polar surface area (TPSA) is 71.6 Å². The van der Waals surface area contributed by atoms with E-state index in [-0.39, 0.29) is 18.4 Å². The Bertz CT molecular complexity index is 1050. The van der Waals surface area contributed by atoms with Crippen LogP contribution >= 0.6 is 0 Å². The molecule has 0 aromatic heterocycles. The number of benzene rings is 2. The highest BCUT2D eigenvalue weighted by Crippen LogP contribution is 2.39. The second kappa shape index (κ2) is 9.93. The van der Waals surface area contributed by atoms with Crippen LogP contribution in [0.4, 0.5) is 5.69 Å². The molecule has 2 aliphatic heterocycles. The third kappa shape index (κ3) is 4.42. The maximum absolute atomic E-state index is 13.5. The highest BCUT2D eigenvalue weighted by Gasteiger charge is 2.39. The number of anilines is 1. The van der Waals surface area contributed by atoms with Gasteiger partial charge in [0.15, 0.2) is 11.5 Å². The number of rotatable bonds is 8. The van der Waals surface area contributed by atoms with Crippen LogP contribution in [0.1, 0.15) is 40.1 Å². The molecule has 0 saturated carbocycles. The second-order valence-corrected chi connectivity index (χ2v) is 9.11. The van der Waals surface area contributed by atoms with Gasteiger partial charge in [-0.15, -0.1) is 0 Å². The van der Waals surface area contributed by atoms with Crippen molar-refractivity contribution in [3.63, 3.8) is 0 Å². The highest BCUT2D eigenvalue weighted by molar-refractivity contribution is 6.23. The van der Waals surface area contributed by atoms with E-state index in [1.54, 1.807) is 18.2 Å². The standard InChI is InChI=1S/C26H33N3O5/c1-17(2)15-27-9-11-28(12-10-27)20-8-6-7-19-23(20)26(31)29(25(19)30)16-18-13-21(32-3)24(34-5)22(14-18)33-4/h6-8,13-14,17H,9-12,15-16H2,1-5H3. The number of amides is 2. The van der Waals surface area contributed by atoms with Gasteiger partial charge in [-0.2, -0.15) is 0 Å². The van der Waals surface area contributed by atoms with E-state index in [2.05, 4.69) is 23.6 Å². The summed E-state index contributed by atoms with van der Waals surface area (Å²) in [5.41, 5.74) is 2.51. The number of fused-ring (bicyclic) bond motifs is 1. The monoisotopic (exact) mass is 467 g/mol. The lowest BCUT2D eigenvalue weighted by Gasteiger charge is -2.37. The largest absolute Gasteiger partial charge is 0.493 e. The summed E-state index contributed by atoms with van der Waals surface area (Å²) in [5.74, 6) is 1.50. The van der Waals surface area contributed by atoms with Gasteiger partial charge >= 0.3 is 0 Å². The van der Waals surface area contributed by atoms with Crippen molar-refractivity contribution in [3.8, 4) is 17.2 Å². The zero-order chi connectivity index (χ0) is 24.4. The maximum atomic E-state index is 13.5. The Morgan fingerprint density at radius 2 is 1.53 bits per heavy atom. The van der Waals surface area contributed by atoms with Gasteiger partial charge in [0.1, 0.15) is 0 Å². The Kier molecular flexibility index (Phi) is 6.97. The summed E-state index contributed by atoms with van der Waals surface area (Å²) in [6.45, 7) is 9.19. The molecule has 0 unspecified atom stereocenters. The van der Waals surface area contributed by atoms with E-state index in [0.717, 1.165) is 38.4 Å². The first kappa shape index (κ1) is 23.9. The first-order valence-corrected chi connectivity index (χ1v) is 11.6. The number of piperazine rings is 1. The molecule has 0 bridgehead atoms. The number of imide groups is 1. The van der Waals surface area contributed by atoms with Crippen LogP contribution in [-0.2, 0) is 6.54 Å². The molecule has 0 aliphatic carbocycles. The molecule has 182 valence electrons. The number of ether oxygens (including phenoxy) is 3. The van der Waals surface area contributed by atoms with Gasteiger partial charge in [-0.1, -0.05) is 19.9 Å². The Balaban J connectivity index is 1.58. The van der Waals surface area contributed by atoms with Crippen molar-refractivity contribution in [2.75, 3.05) is 59.0 Å². The predicted molar refractivity (Wildman–Crippen MR) is 130 cm³/mol. The van der Waals surface area contributed by atoms with Crippen molar-refractivity contribution in [1.29, 1.82) is 0 Å². The molecule has 8 nitrogen and oxygen atoms in total. The predicted octanol–water partition coefficient (Wildman–Crippen LogP) is 3.29. The third-order valence-corrected chi connectivity index (χ3v) is 6.38. The van der Waals surface area contributed by atoms with Gasteiger partial charge in [-0.25, -0.2) is 0 Å². The smallest absolute Gasteiger partial charge is 0.263 e. The van der Waals surface area contributed by atoms with Crippen molar-refractivity contribution in [3.05, 3.63) is 47.0 Å². The maximum Gasteiger partial charge on any atom is 0.263 e. The lowest BCUT2D eigenvalue weighted by atomic mass is 10.1. The average molecular weight is 468 g/mol. The van der Waals surface area contributed by atoms with Gasteiger partial charge in [0, 0.05) is 32.7 Å². The quantitative estimate of drug-likeness (QED) is 0.552. The first-order chi connectivity index (χ1) is 16.4. The number of carbonyl (C=O) groups excluding carboxylic acids is 2. The van der Waals surface area contributed by atoms with Crippen LogP contribution in [0.2, 0.25) is 0 Å². The van der Waals surface area contributed by atoms with Crippen molar-refractivity contribution in [2.24, 2.45) is 5.92 Å². The molecule has 2 heterocycles. The molecule has 1 saturated heterocycles. The van der Waals surface area contributed by atoms with E-state index < -0.39 is 0 Å². The number of hydrogen-bond acceptors (Lipinski definition) is 7. The normalized spacial score (nSPS) is 16.3. The van der Waals surface area contributed by atoms with Crippen LogP contribution in [0.15, 0.2) is 30.3 Å². The van der Waals surface area contributed by atoms with Gasteiger partial charge in [-0.05, 0) is 35.7 Å². The molecule has 0 radical (unpaired) electrons. The van der Waals surface area contributed by atoms with E-state index in [9.17, 15) is 9.59 Å². The van der Waals surface area contributed by atoms with E-state index in [0.29, 0.717) is 39.9 Å². The van der Waals surface area contributed by atoms with E-state index in [4.69, 9.17) is 14.2 Å². The third-order valence-electron chi connectivity index (χ3n) is 6.38. The van der Waals surface area contributed by atoms with Gasteiger partial charge < -0.3 is 19.1 Å². The van der Waals surface area contributed by atoms with Gasteiger partial charge in [0.2, 0.25) is 5.75 Å². The molecule has 4 rings (SSSR count). The number of hydrogen-bond donors (Lipinski definition) is 0. The summed E-state index contributed by atoms with van der Waals surface area (Å²) in [4.78, 5) is 32.7. The SMILES string of the molecule is COc1cc(CN2C(=O)c3cccc(N4CCN(CC(C)C)CC4)c3C2=O)cc(OC)c1OC. The minimum absolute atomic E-state index is 0.116. The summed E-state index contributed by atoms with van der Waals surface area (Å²) in [6, 6.07) is 9.08. The average Bonchev–Trinajstić information content (AvgIpc) is 3.08. The highest BCUT2D eigenvalue weighted by atomic mass is 16.5. The molecular formula is C26H33N3O5. The molecule has 8 heteroatoms. The van der Waals surface area contributed by atoms with Crippen molar-refractivity contribution < 1.29 is 23.8 Å². The lowest BCUT2D eigenvalue weighted by molar-refractivity contribution is 0.0642. The van der Waals surface area contributed by atoms with E-state index in [1.807, 2.05) is 12.1 Å². The fraction of sp³-hybridized carbons (Fsp3) is 0.462. The van der Waals surface area contributed by atoms with Crippen molar-refractivity contribution in [1.82, 2.24) is 9.80 Å². The van der Waals surface area contributed by atoms with E-state index >= 15 is 0 Å². The molecule has 2 aliphatic rings. The minimum Gasteiger partial charge on any atom is -0.493 e. The Hall–Kier alpha value is -3.26. The number of methoxy groups -OCH3 is 3. The molecule has 0 N–H and O–H groups in total. The molecule has 2 aromatic carbocycles. The zero-order valence-electron chi connectivity index (χ0n) is 20.6. The molecule has 34 heavy (non-hydrogen) atoms. The second-order valence-electron chi connectivity index (χ2n) is 9.11. The minimum atomic E-state index is -0.283. The zero-order valence-corrected chi connectivity index (χ0v) is 20.6. The number of nitrogens with zero attached hydrogens (tertiary/aromatic N) is 3.